The van der Waals surface area contributed by atoms with Gasteiger partial charge in [0.1, 0.15) is 6.10 Å². The van der Waals surface area contributed by atoms with E-state index in [4.69, 9.17) is 9.26 Å². The van der Waals surface area contributed by atoms with Crippen molar-refractivity contribution in [2.24, 2.45) is 0 Å². The Morgan fingerprint density at radius 3 is 2.82 bits per heavy atom. The molecule has 1 aromatic heterocycles. The molecular formula is C11H19N3O3. The van der Waals surface area contributed by atoms with Crippen LogP contribution in [0, 0.1) is 6.92 Å². The molecule has 0 bridgehead atoms. The van der Waals surface area contributed by atoms with Gasteiger partial charge in [-0.2, -0.15) is 4.98 Å². The van der Waals surface area contributed by atoms with Crippen LogP contribution in [0.1, 0.15) is 25.6 Å². The highest BCUT2D eigenvalue weighted by Gasteiger charge is 2.17. The molecule has 0 aliphatic rings. The smallest absolute Gasteiger partial charge is 0.251 e. The molecule has 1 aromatic rings. The number of hydrogen-bond acceptors (Lipinski definition) is 5. The molecule has 0 aliphatic carbocycles. The van der Waals surface area contributed by atoms with E-state index < -0.39 is 6.10 Å². The number of aryl methyl sites for hydroxylation is 1. The van der Waals surface area contributed by atoms with E-state index in [1.807, 2.05) is 6.92 Å². The average molecular weight is 241 g/mol. The second-order valence-corrected chi connectivity index (χ2v) is 3.84. The van der Waals surface area contributed by atoms with Crippen LogP contribution in [-0.4, -0.2) is 47.3 Å². The van der Waals surface area contributed by atoms with Crippen LogP contribution in [0.3, 0.4) is 0 Å². The van der Waals surface area contributed by atoms with E-state index >= 15 is 0 Å². The molecule has 1 rings (SSSR count). The molecule has 0 spiro atoms. The van der Waals surface area contributed by atoms with Crippen molar-refractivity contribution in [3.63, 3.8) is 0 Å². The Hall–Kier alpha value is -1.43. The van der Waals surface area contributed by atoms with Crippen LogP contribution in [0.2, 0.25) is 0 Å². The zero-order chi connectivity index (χ0) is 12.8. The van der Waals surface area contributed by atoms with Gasteiger partial charge in [-0.05, 0) is 13.8 Å². The van der Waals surface area contributed by atoms with Gasteiger partial charge in [-0.25, -0.2) is 0 Å². The zero-order valence-corrected chi connectivity index (χ0v) is 10.8. The van der Waals surface area contributed by atoms with Crippen LogP contribution < -0.4 is 0 Å². The van der Waals surface area contributed by atoms with E-state index in [1.165, 1.54) is 0 Å². The van der Waals surface area contributed by atoms with Gasteiger partial charge in [0.25, 0.3) is 5.91 Å². The van der Waals surface area contributed by atoms with E-state index in [2.05, 4.69) is 10.1 Å². The Morgan fingerprint density at radius 1 is 1.59 bits per heavy atom. The van der Waals surface area contributed by atoms with Crippen molar-refractivity contribution in [1.82, 2.24) is 15.0 Å². The summed E-state index contributed by atoms with van der Waals surface area (Å²) >= 11 is 0. The van der Waals surface area contributed by atoms with Gasteiger partial charge in [-0.1, -0.05) is 5.16 Å². The molecule has 0 aromatic carbocycles. The molecule has 0 N–H and O–H groups in total. The van der Waals surface area contributed by atoms with Crippen LogP contribution in [0.15, 0.2) is 4.52 Å². The molecule has 1 atom stereocenters. The molecule has 1 heterocycles. The second-order valence-electron chi connectivity index (χ2n) is 3.84. The highest BCUT2D eigenvalue weighted by molar-refractivity contribution is 5.80. The molecule has 1 unspecified atom stereocenters. The van der Waals surface area contributed by atoms with Crippen LogP contribution in [0.4, 0.5) is 0 Å². The summed E-state index contributed by atoms with van der Waals surface area (Å²) < 4.78 is 10.1. The van der Waals surface area contributed by atoms with Crippen molar-refractivity contribution in [2.75, 3.05) is 20.2 Å². The maximum absolute atomic E-state index is 11.8. The Bertz CT molecular complexity index is 365. The Kier molecular flexibility index (Phi) is 5.09. The number of carbonyl (C=O) groups excluding carboxylic acids is 1. The van der Waals surface area contributed by atoms with Crippen molar-refractivity contribution in [3.05, 3.63) is 11.7 Å². The zero-order valence-electron chi connectivity index (χ0n) is 10.8. The van der Waals surface area contributed by atoms with E-state index in [0.29, 0.717) is 31.3 Å². The van der Waals surface area contributed by atoms with E-state index in [-0.39, 0.29) is 5.91 Å². The van der Waals surface area contributed by atoms with E-state index in [9.17, 15) is 4.79 Å². The molecule has 17 heavy (non-hydrogen) atoms. The highest BCUT2D eigenvalue weighted by atomic mass is 16.5. The maximum Gasteiger partial charge on any atom is 0.251 e. The first kappa shape index (κ1) is 13.6. The Labute approximate surface area is 101 Å². The summed E-state index contributed by atoms with van der Waals surface area (Å²) in [7, 11) is 1.74. The number of ether oxygens (including phenoxy) is 1. The minimum atomic E-state index is -0.406. The van der Waals surface area contributed by atoms with Crippen LogP contribution in [-0.2, 0) is 16.0 Å². The highest BCUT2D eigenvalue weighted by Crippen LogP contribution is 2.01. The fraction of sp³-hybridized carbons (Fsp3) is 0.727. The molecule has 0 radical (unpaired) electrons. The summed E-state index contributed by atoms with van der Waals surface area (Å²) in [4.78, 5) is 17.5. The lowest BCUT2D eigenvalue weighted by atomic mass is 10.3. The van der Waals surface area contributed by atoms with E-state index in [1.54, 1.807) is 25.8 Å². The predicted octanol–water partition coefficient (Wildman–Crippen LogP) is 0.804. The first-order valence-corrected chi connectivity index (χ1v) is 5.70. The van der Waals surface area contributed by atoms with Gasteiger partial charge in [0, 0.05) is 33.5 Å². The molecule has 0 saturated carbocycles. The van der Waals surface area contributed by atoms with Gasteiger partial charge in [0.2, 0.25) is 5.89 Å². The molecular weight excluding hydrogens is 222 g/mol. The third-order valence-corrected chi connectivity index (χ3v) is 2.38. The largest absolute Gasteiger partial charge is 0.369 e. The summed E-state index contributed by atoms with van der Waals surface area (Å²) in [6.07, 6.45) is 0.176. The Balaban J connectivity index is 2.38. The molecule has 96 valence electrons. The summed E-state index contributed by atoms with van der Waals surface area (Å²) in [5.74, 6) is 1.12. The number of aromatic nitrogens is 2. The van der Waals surface area contributed by atoms with Crippen LogP contribution in [0.5, 0.6) is 0 Å². The fourth-order valence-electron chi connectivity index (χ4n) is 1.45. The van der Waals surface area contributed by atoms with Crippen molar-refractivity contribution >= 4 is 5.91 Å². The average Bonchev–Trinajstić information content (AvgIpc) is 2.71. The summed E-state index contributed by atoms with van der Waals surface area (Å²) in [6, 6.07) is 0. The number of amides is 1. The summed E-state index contributed by atoms with van der Waals surface area (Å²) in [5.41, 5.74) is 0. The van der Waals surface area contributed by atoms with E-state index in [0.717, 1.165) is 0 Å². The van der Waals surface area contributed by atoms with Gasteiger partial charge in [-0.15, -0.1) is 0 Å². The molecule has 0 fully saturated rings. The third kappa shape index (κ3) is 4.14. The first-order chi connectivity index (χ1) is 8.04. The van der Waals surface area contributed by atoms with Crippen LogP contribution in [0.25, 0.3) is 0 Å². The molecule has 1 amide bonds. The van der Waals surface area contributed by atoms with Gasteiger partial charge >= 0.3 is 0 Å². The van der Waals surface area contributed by atoms with Crippen molar-refractivity contribution in [2.45, 2.75) is 33.3 Å². The lowest BCUT2D eigenvalue weighted by molar-refractivity contribution is -0.140. The SMILES string of the molecule is CCOC(C)C(=O)N(C)CCc1noc(C)n1. The second kappa shape index (κ2) is 6.34. The standard InChI is InChI=1S/C11H19N3O3/c1-5-16-8(2)11(15)14(4)7-6-10-12-9(3)17-13-10/h8H,5-7H2,1-4H3. The molecule has 6 nitrogen and oxygen atoms in total. The topological polar surface area (TPSA) is 68.5 Å². The molecule has 6 heteroatoms. The normalized spacial score (nSPS) is 12.5. The third-order valence-electron chi connectivity index (χ3n) is 2.38. The lowest BCUT2D eigenvalue weighted by Crippen LogP contribution is -2.37. The fourth-order valence-corrected chi connectivity index (χ4v) is 1.45. The van der Waals surface area contributed by atoms with Gasteiger partial charge in [0.05, 0.1) is 0 Å². The number of rotatable bonds is 6. The predicted molar refractivity (Wildman–Crippen MR) is 61.5 cm³/mol. The molecule has 0 aliphatic heterocycles. The number of carbonyl (C=O) groups is 1. The van der Waals surface area contributed by atoms with Crippen molar-refractivity contribution < 1.29 is 14.1 Å². The quantitative estimate of drug-likeness (QED) is 0.737. The minimum Gasteiger partial charge on any atom is -0.369 e. The molecule has 0 saturated heterocycles. The van der Waals surface area contributed by atoms with Gasteiger partial charge in [-0.3, -0.25) is 4.79 Å². The first-order valence-electron chi connectivity index (χ1n) is 5.70. The van der Waals surface area contributed by atoms with Crippen molar-refractivity contribution in [1.29, 1.82) is 0 Å². The number of likely N-dealkylation sites (N-methyl/N-ethyl adjacent to an activating group) is 1. The lowest BCUT2D eigenvalue weighted by Gasteiger charge is -2.20. The minimum absolute atomic E-state index is 0.0351. The number of nitrogens with zero attached hydrogens (tertiary/aromatic N) is 3. The van der Waals surface area contributed by atoms with Crippen LogP contribution >= 0.6 is 0 Å². The maximum atomic E-state index is 11.8. The van der Waals surface area contributed by atoms with Crippen molar-refractivity contribution in [3.8, 4) is 0 Å². The van der Waals surface area contributed by atoms with Gasteiger partial charge < -0.3 is 14.2 Å². The summed E-state index contributed by atoms with van der Waals surface area (Å²) in [5, 5.41) is 3.77. The Morgan fingerprint density at radius 2 is 2.29 bits per heavy atom. The number of hydrogen-bond donors (Lipinski definition) is 0. The monoisotopic (exact) mass is 241 g/mol. The van der Waals surface area contributed by atoms with Gasteiger partial charge in [0.15, 0.2) is 5.82 Å². The summed E-state index contributed by atoms with van der Waals surface area (Å²) in [6.45, 7) is 6.44.